The highest BCUT2D eigenvalue weighted by Gasteiger charge is 2.34. The van der Waals surface area contributed by atoms with Crippen LogP contribution in [-0.2, 0) is 4.74 Å². The SMILES string of the molecule is COCC(CNC1CC1)N1CCN(C)C(C)(C)C1. The molecule has 1 atom stereocenters. The van der Waals surface area contributed by atoms with Gasteiger partial charge in [-0.25, -0.2) is 0 Å². The van der Waals surface area contributed by atoms with Crippen molar-refractivity contribution in [1.29, 1.82) is 0 Å². The van der Waals surface area contributed by atoms with Crippen LogP contribution in [0.3, 0.4) is 0 Å². The fourth-order valence-corrected chi connectivity index (χ4v) is 2.67. The van der Waals surface area contributed by atoms with E-state index in [2.05, 4.69) is 36.0 Å². The minimum atomic E-state index is 0.268. The van der Waals surface area contributed by atoms with E-state index >= 15 is 0 Å². The van der Waals surface area contributed by atoms with E-state index in [1.807, 2.05) is 7.11 Å². The molecule has 2 rings (SSSR count). The maximum Gasteiger partial charge on any atom is 0.0630 e. The van der Waals surface area contributed by atoms with Crippen molar-refractivity contribution in [3.05, 3.63) is 0 Å². The highest BCUT2D eigenvalue weighted by molar-refractivity contribution is 4.92. The van der Waals surface area contributed by atoms with Gasteiger partial charge in [-0.3, -0.25) is 9.80 Å². The van der Waals surface area contributed by atoms with Gasteiger partial charge in [0.15, 0.2) is 0 Å². The molecule has 0 spiro atoms. The molecule has 1 N–H and O–H groups in total. The second-order valence-electron chi connectivity index (χ2n) is 6.50. The van der Waals surface area contributed by atoms with Crippen molar-refractivity contribution in [3.63, 3.8) is 0 Å². The van der Waals surface area contributed by atoms with Crippen molar-refractivity contribution < 1.29 is 4.74 Å². The first-order valence-corrected chi connectivity index (χ1v) is 7.20. The number of nitrogens with one attached hydrogen (secondary N) is 1. The van der Waals surface area contributed by atoms with Gasteiger partial charge in [0.2, 0.25) is 0 Å². The average Bonchev–Trinajstić information content (AvgIpc) is 3.12. The Labute approximate surface area is 112 Å². The van der Waals surface area contributed by atoms with Crippen LogP contribution in [0.15, 0.2) is 0 Å². The van der Waals surface area contributed by atoms with Crippen LogP contribution >= 0.6 is 0 Å². The lowest BCUT2D eigenvalue weighted by molar-refractivity contribution is -0.00409. The molecule has 106 valence electrons. The second-order valence-corrected chi connectivity index (χ2v) is 6.50. The Morgan fingerprint density at radius 3 is 2.61 bits per heavy atom. The first-order valence-electron chi connectivity index (χ1n) is 7.20. The molecule has 0 aromatic heterocycles. The number of likely N-dealkylation sites (N-methyl/N-ethyl adjacent to an activating group) is 1. The largest absolute Gasteiger partial charge is 0.383 e. The van der Waals surface area contributed by atoms with Crippen LogP contribution in [0.25, 0.3) is 0 Å². The summed E-state index contributed by atoms with van der Waals surface area (Å²) in [6.07, 6.45) is 2.71. The quantitative estimate of drug-likeness (QED) is 0.759. The van der Waals surface area contributed by atoms with Crippen molar-refractivity contribution >= 4 is 0 Å². The standard InChI is InChI=1S/C14H29N3O/c1-14(2)11-17(8-7-16(14)3)13(10-18-4)9-15-12-5-6-12/h12-13,15H,5-11H2,1-4H3. The van der Waals surface area contributed by atoms with Crippen molar-refractivity contribution in [2.75, 3.05) is 46.9 Å². The Morgan fingerprint density at radius 1 is 1.33 bits per heavy atom. The smallest absolute Gasteiger partial charge is 0.0630 e. The summed E-state index contributed by atoms with van der Waals surface area (Å²) >= 11 is 0. The molecule has 1 saturated carbocycles. The molecule has 1 aliphatic carbocycles. The molecule has 4 nitrogen and oxygen atoms in total. The Kier molecular flexibility index (Phi) is 4.64. The van der Waals surface area contributed by atoms with Crippen LogP contribution in [0, 0.1) is 0 Å². The molecular formula is C14H29N3O. The van der Waals surface area contributed by atoms with Gasteiger partial charge in [-0.1, -0.05) is 0 Å². The predicted octanol–water partition coefficient (Wildman–Crippen LogP) is 0.779. The Morgan fingerprint density at radius 2 is 2.06 bits per heavy atom. The summed E-state index contributed by atoms with van der Waals surface area (Å²) in [5, 5.41) is 3.64. The van der Waals surface area contributed by atoms with Crippen LogP contribution in [0.1, 0.15) is 26.7 Å². The molecule has 2 fully saturated rings. The van der Waals surface area contributed by atoms with Gasteiger partial charge in [-0.15, -0.1) is 0 Å². The Hall–Kier alpha value is -0.160. The molecule has 0 amide bonds. The van der Waals surface area contributed by atoms with Gasteiger partial charge >= 0.3 is 0 Å². The maximum absolute atomic E-state index is 5.41. The number of piperazine rings is 1. The lowest BCUT2D eigenvalue weighted by Crippen LogP contribution is -2.61. The first-order chi connectivity index (χ1) is 8.53. The second kappa shape index (κ2) is 5.87. The molecule has 1 unspecified atom stereocenters. The summed E-state index contributed by atoms with van der Waals surface area (Å²) in [7, 11) is 4.04. The number of rotatable bonds is 6. The van der Waals surface area contributed by atoms with E-state index in [-0.39, 0.29) is 5.54 Å². The summed E-state index contributed by atoms with van der Waals surface area (Å²) in [6.45, 7) is 9.99. The number of ether oxygens (including phenoxy) is 1. The van der Waals surface area contributed by atoms with E-state index in [9.17, 15) is 0 Å². The maximum atomic E-state index is 5.41. The zero-order valence-electron chi connectivity index (χ0n) is 12.4. The zero-order chi connectivity index (χ0) is 13.2. The predicted molar refractivity (Wildman–Crippen MR) is 75.0 cm³/mol. The third-order valence-electron chi connectivity index (χ3n) is 4.44. The number of hydrogen-bond acceptors (Lipinski definition) is 4. The van der Waals surface area contributed by atoms with Gasteiger partial charge in [-0.05, 0) is 33.7 Å². The lowest BCUT2D eigenvalue weighted by Gasteiger charge is -2.48. The van der Waals surface area contributed by atoms with Crippen molar-refractivity contribution in [2.24, 2.45) is 0 Å². The van der Waals surface area contributed by atoms with E-state index in [1.165, 1.54) is 12.8 Å². The van der Waals surface area contributed by atoms with E-state index < -0.39 is 0 Å². The van der Waals surface area contributed by atoms with Gasteiger partial charge in [0.25, 0.3) is 0 Å². The van der Waals surface area contributed by atoms with Crippen LogP contribution < -0.4 is 5.32 Å². The molecule has 2 aliphatic rings. The lowest BCUT2D eigenvalue weighted by atomic mass is 9.98. The molecule has 0 radical (unpaired) electrons. The molecule has 1 saturated heterocycles. The van der Waals surface area contributed by atoms with Crippen molar-refractivity contribution in [2.45, 2.75) is 44.3 Å². The van der Waals surface area contributed by atoms with Crippen LogP contribution in [0.2, 0.25) is 0 Å². The summed E-state index contributed by atoms with van der Waals surface area (Å²) in [5.41, 5.74) is 0.268. The minimum Gasteiger partial charge on any atom is -0.383 e. The number of hydrogen-bond donors (Lipinski definition) is 1. The van der Waals surface area contributed by atoms with Crippen LogP contribution in [0.5, 0.6) is 0 Å². The van der Waals surface area contributed by atoms with Gasteiger partial charge in [0.05, 0.1) is 6.61 Å². The number of methoxy groups -OCH3 is 1. The average molecular weight is 255 g/mol. The highest BCUT2D eigenvalue weighted by Crippen LogP contribution is 2.22. The van der Waals surface area contributed by atoms with E-state index in [1.54, 1.807) is 0 Å². The first kappa shape index (κ1) is 14.3. The normalized spacial score (nSPS) is 27.3. The third-order valence-corrected chi connectivity index (χ3v) is 4.44. The molecule has 1 heterocycles. The van der Waals surface area contributed by atoms with Crippen molar-refractivity contribution in [1.82, 2.24) is 15.1 Å². The Balaban J connectivity index is 1.88. The van der Waals surface area contributed by atoms with Gasteiger partial charge in [0, 0.05) is 50.9 Å². The summed E-state index contributed by atoms with van der Waals surface area (Å²) in [6, 6.07) is 1.30. The molecule has 1 aliphatic heterocycles. The molecule has 0 bridgehead atoms. The van der Waals surface area contributed by atoms with E-state index in [4.69, 9.17) is 4.74 Å². The molecule has 0 aromatic rings. The zero-order valence-corrected chi connectivity index (χ0v) is 12.4. The van der Waals surface area contributed by atoms with Crippen LogP contribution in [0.4, 0.5) is 0 Å². The summed E-state index contributed by atoms with van der Waals surface area (Å²) in [4.78, 5) is 5.06. The minimum absolute atomic E-state index is 0.268. The molecule has 18 heavy (non-hydrogen) atoms. The van der Waals surface area contributed by atoms with Crippen molar-refractivity contribution in [3.8, 4) is 0 Å². The fourth-order valence-electron chi connectivity index (χ4n) is 2.67. The van der Waals surface area contributed by atoms with E-state index in [0.717, 1.165) is 38.8 Å². The highest BCUT2D eigenvalue weighted by atomic mass is 16.5. The van der Waals surface area contributed by atoms with Gasteiger partial charge in [0.1, 0.15) is 0 Å². The molecular weight excluding hydrogens is 226 g/mol. The van der Waals surface area contributed by atoms with Gasteiger partial charge < -0.3 is 10.1 Å². The molecule has 0 aromatic carbocycles. The van der Waals surface area contributed by atoms with Crippen LogP contribution in [-0.4, -0.2) is 74.4 Å². The summed E-state index contributed by atoms with van der Waals surface area (Å²) in [5.74, 6) is 0. The third kappa shape index (κ3) is 3.67. The van der Waals surface area contributed by atoms with E-state index in [0.29, 0.717) is 6.04 Å². The van der Waals surface area contributed by atoms with Gasteiger partial charge in [-0.2, -0.15) is 0 Å². The molecule has 4 heteroatoms. The Bertz CT molecular complexity index is 266. The fraction of sp³-hybridized carbons (Fsp3) is 1.00. The topological polar surface area (TPSA) is 27.7 Å². The monoisotopic (exact) mass is 255 g/mol. The number of nitrogens with zero attached hydrogens (tertiary/aromatic N) is 2. The summed E-state index contributed by atoms with van der Waals surface area (Å²) < 4.78 is 5.41.